The molecule has 1 aliphatic heterocycles. The molecule has 33 heavy (non-hydrogen) atoms. The molecule has 1 aliphatic carbocycles. The van der Waals surface area contributed by atoms with Crippen LogP contribution in [0.1, 0.15) is 29.6 Å². The van der Waals surface area contributed by atoms with Crippen molar-refractivity contribution in [2.75, 3.05) is 31.1 Å². The van der Waals surface area contributed by atoms with Crippen LogP contribution in [-0.2, 0) is 19.9 Å². The third kappa shape index (κ3) is 4.71. The number of piperazine rings is 1. The van der Waals surface area contributed by atoms with Gasteiger partial charge in [0.25, 0.3) is 5.91 Å². The summed E-state index contributed by atoms with van der Waals surface area (Å²) in [7, 11) is -7.21. The smallest absolute Gasteiger partial charge is 0.277 e. The molecule has 0 spiro atoms. The summed E-state index contributed by atoms with van der Waals surface area (Å²) in [5.41, 5.74) is 1.61. The molecule has 2 unspecified atom stereocenters. The van der Waals surface area contributed by atoms with E-state index in [0.29, 0.717) is 31.9 Å². The van der Waals surface area contributed by atoms with E-state index < -0.39 is 36.3 Å². The molecule has 0 bridgehead atoms. The summed E-state index contributed by atoms with van der Waals surface area (Å²) >= 11 is 0. The zero-order valence-corrected chi connectivity index (χ0v) is 19.4. The second kappa shape index (κ2) is 9.33. The Bertz CT molecular complexity index is 1200. The maximum atomic E-state index is 13.2. The lowest BCUT2D eigenvalue weighted by molar-refractivity contribution is 0.0705. The van der Waals surface area contributed by atoms with Crippen LogP contribution < -0.4 is 10.4 Å². The summed E-state index contributed by atoms with van der Waals surface area (Å²) in [4.78, 5) is 21.6. The van der Waals surface area contributed by atoms with Crippen LogP contribution in [0.5, 0.6) is 0 Å². The molecule has 2 heterocycles. The van der Waals surface area contributed by atoms with Crippen molar-refractivity contribution < 1.29 is 26.8 Å². The molecule has 2 aliphatic rings. The molecule has 1 saturated heterocycles. The van der Waals surface area contributed by atoms with Gasteiger partial charge in [-0.25, -0.2) is 32.3 Å². The van der Waals surface area contributed by atoms with E-state index in [1.807, 2.05) is 4.90 Å². The summed E-state index contributed by atoms with van der Waals surface area (Å²) in [5.74, 6) is -0.363. The van der Waals surface area contributed by atoms with Crippen LogP contribution in [0.2, 0.25) is 0 Å². The van der Waals surface area contributed by atoms with Crippen LogP contribution in [0.25, 0.3) is 0 Å². The first-order valence-corrected chi connectivity index (χ1v) is 13.6. The van der Waals surface area contributed by atoms with E-state index in [1.165, 1.54) is 22.2 Å². The number of benzene rings is 1. The quantitative estimate of drug-likeness (QED) is 0.430. The SMILES string of the molecule is O=C(NO)c1cnc(N2CCN(S(=O)(=O)C3CCC(S(=O)(=O)c4ccccc4)C3)CC2)nc1. The number of nitrogens with zero attached hydrogens (tertiary/aromatic N) is 4. The van der Waals surface area contributed by atoms with Gasteiger partial charge in [0.05, 0.1) is 21.0 Å². The summed E-state index contributed by atoms with van der Waals surface area (Å²) < 4.78 is 53.6. The Labute approximate surface area is 192 Å². The number of sulfone groups is 1. The fraction of sp³-hybridized carbons (Fsp3) is 0.450. The van der Waals surface area contributed by atoms with Gasteiger partial charge in [-0.2, -0.15) is 4.31 Å². The van der Waals surface area contributed by atoms with E-state index in [-0.39, 0.29) is 30.0 Å². The number of anilines is 1. The van der Waals surface area contributed by atoms with Gasteiger partial charge >= 0.3 is 0 Å². The van der Waals surface area contributed by atoms with Gasteiger partial charge in [0.15, 0.2) is 9.84 Å². The zero-order chi connectivity index (χ0) is 23.6. The standard InChI is InChI=1S/C20H25N5O6S2/c26-19(23-27)15-13-21-20(22-14-15)24-8-10-25(11-9-24)33(30,31)18-7-6-17(12-18)32(28,29)16-4-2-1-3-5-16/h1-5,13-14,17-18,27H,6-12H2,(H,23,26). The number of hydrogen-bond donors (Lipinski definition) is 2. The highest BCUT2D eigenvalue weighted by Crippen LogP contribution is 2.35. The number of carbonyl (C=O) groups is 1. The number of amides is 1. The highest BCUT2D eigenvalue weighted by molar-refractivity contribution is 7.92. The van der Waals surface area contributed by atoms with Crippen molar-refractivity contribution in [3.05, 3.63) is 48.3 Å². The molecule has 2 aromatic rings. The lowest BCUT2D eigenvalue weighted by Gasteiger charge is -2.35. The lowest BCUT2D eigenvalue weighted by Crippen LogP contribution is -2.51. The van der Waals surface area contributed by atoms with Crippen molar-refractivity contribution in [2.45, 2.75) is 34.7 Å². The zero-order valence-electron chi connectivity index (χ0n) is 17.7. The summed E-state index contributed by atoms with van der Waals surface area (Å²) in [5, 5.41) is 7.23. The molecule has 178 valence electrons. The van der Waals surface area contributed by atoms with Crippen molar-refractivity contribution in [1.82, 2.24) is 19.8 Å². The maximum Gasteiger partial charge on any atom is 0.277 e. The van der Waals surface area contributed by atoms with Crippen LogP contribution in [0.3, 0.4) is 0 Å². The van der Waals surface area contributed by atoms with Crippen molar-refractivity contribution in [1.29, 1.82) is 0 Å². The topological polar surface area (TPSA) is 150 Å². The minimum absolute atomic E-state index is 0.0945. The minimum atomic E-state index is -3.64. The summed E-state index contributed by atoms with van der Waals surface area (Å²) in [6.45, 7) is 1.20. The van der Waals surface area contributed by atoms with Crippen molar-refractivity contribution >= 4 is 31.7 Å². The molecule has 1 amide bonds. The number of sulfonamides is 1. The largest absolute Gasteiger partial charge is 0.338 e. The van der Waals surface area contributed by atoms with E-state index in [9.17, 15) is 21.6 Å². The Balaban J connectivity index is 1.38. The molecule has 1 aromatic heterocycles. The Morgan fingerprint density at radius 2 is 1.55 bits per heavy atom. The molecule has 13 heteroatoms. The average molecular weight is 496 g/mol. The van der Waals surface area contributed by atoms with Gasteiger partial charge < -0.3 is 4.90 Å². The fourth-order valence-electron chi connectivity index (χ4n) is 4.28. The van der Waals surface area contributed by atoms with Gasteiger partial charge in [-0.05, 0) is 31.4 Å². The average Bonchev–Trinajstić information content (AvgIpc) is 3.37. The normalized spacial score (nSPS) is 22.3. The second-order valence-corrected chi connectivity index (χ2v) is 12.5. The number of carbonyl (C=O) groups excluding carboxylic acids is 1. The molecule has 1 saturated carbocycles. The highest BCUT2D eigenvalue weighted by atomic mass is 32.2. The van der Waals surface area contributed by atoms with Crippen LogP contribution in [-0.4, -0.2) is 78.9 Å². The molecule has 11 nitrogen and oxygen atoms in total. The molecule has 2 N–H and O–H groups in total. The van der Waals surface area contributed by atoms with Gasteiger partial charge in [0.2, 0.25) is 16.0 Å². The maximum absolute atomic E-state index is 13.2. The Morgan fingerprint density at radius 3 is 2.15 bits per heavy atom. The van der Waals surface area contributed by atoms with Gasteiger partial charge in [-0.15, -0.1) is 0 Å². The molecule has 4 rings (SSSR count). The summed E-state index contributed by atoms with van der Waals surface area (Å²) in [6.07, 6.45) is 3.29. The Morgan fingerprint density at radius 1 is 0.939 bits per heavy atom. The molecular weight excluding hydrogens is 470 g/mol. The number of nitrogens with one attached hydrogen (secondary N) is 1. The van der Waals surface area contributed by atoms with Crippen LogP contribution in [0, 0.1) is 0 Å². The third-order valence-corrected chi connectivity index (χ3v) is 10.7. The van der Waals surface area contributed by atoms with E-state index in [2.05, 4.69) is 9.97 Å². The predicted octanol–water partition coefficient (Wildman–Crippen LogP) is 0.442. The van der Waals surface area contributed by atoms with Gasteiger partial charge in [-0.1, -0.05) is 18.2 Å². The predicted molar refractivity (Wildman–Crippen MR) is 119 cm³/mol. The van der Waals surface area contributed by atoms with Crippen LogP contribution in [0.15, 0.2) is 47.6 Å². The van der Waals surface area contributed by atoms with Crippen molar-refractivity contribution in [3.8, 4) is 0 Å². The van der Waals surface area contributed by atoms with Gasteiger partial charge in [-0.3, -0.25) is 10.0 Å². The third-order valence-electron chi connectivity index (χ3n) is 6.15. The number of hydroxylamine groups is 1. The number of aromatic nitrogens is 2. The van der Waals surface area contributed by atoms with Crippen molar-refractivity contribution in [2.24, 2.45) is 0 Å². The summed E-state index contributed by atoms with van der Waals surface area (Å²) in [6, 6.07) is 8.15. The first-order chi connectivity index (χ1) is 15.7. The fourth-order valence-corrected chi connectivity index (χ4v) is 8.25. The molecule has 2 atom stereocenters. The first-order valence-electron chi connectivity index (χ1n) is 10.5. The Kier molecular flexibility index (Phi) is 6.66. The molecule has 1 aromatic carbocycles. The van der Waals surface area contributed by atoms with Crippen LogP contribution >= 0.6 is 0 Å². The van der Waals surface area contributed by atoms with Gasteiger partial charge in [0.1, 0.15) is 0 Å². The van der Waals surface area contributed by atoms with Gasteiger partial charge in [0, 0.05) is 38.6 Å². The Hall–Kier alpha value is -2.61. The monoisotopic (exact) mass is 495 g/mol. The first kappa shape index (κ1) is 23.5. The van der Waals surface area contributed by atoms with Crippen LogP contribution in [0.4, 0.5) is 5.95 Å². The molecular formula is C20H25N5O6S2. The van der Waals surface area contributed by atoms with E-state index >= 15 is 0 Å². The molecule has 0 radical (unpaired) electrons. The lowest BCUT2D eigenvalue weighted by atomic mass is 10.3. The molecule has 2 fully saturated rings. The van der Waals surface area contributed by atoms with E-state index in [4.69, 9.17) is 5.21 Å². The van der Waals surface area contributed by atoms with E-state index in [1.54, 1.807) is 30.3 Å². The highest BCUT2D eigenvalue weighted by Gasteiger charge is 2.43. The second-order valence-electron chi connectivity index (χ2n) is 8.06. The van der Waals surface area contributed by atoms with E-state index in [0.717, 1.165) is 0 Å². The number of rotatable bonds is 6. The van der Waals surface area contributed by atoms with Crippen molar-refractivity contribution in [3.63, 3.8) is 0 Å². The minimum Gasteiger partial charge on any atom is -0.338 e. The number of hydrogen-bond acceptors (Lipinski definition) is 9.